The predicted molar refractivity (Wildman–Crippen MR) is 86.9 cm³/mol. The topological polar surface area (TPSA) is 23.5 Å². The summed E-state index contributed by atoms with van der Waals surface area (Å²) in [7, 11) is 2.87. The lowest BCUT2D eigenvalue weighted by atomic mass is 10.0. The van der Waals surface area contributed by atoms with Gasteiger partial charge in [-0.25, -0.2) is 0 Å². The Bertz CT molecular complexity index is 396. The zero-order valence-corrected chi connectivity index (χ0v) is 14.0. The van der Waals surface area contributed by atoms with E-state index in [4.69, 9.17) is 0 Å². The third-order valence-electron chi connectivity index (χ3n) is 3.61. The van der Waals surface area contributed by atoms with Crippen molar-refractivity contribution in [2.75, 3.05) is 6.54 Å². The molecule has 0 amide bonds. The molecule has 0 aliphatic carbocycles. The van der Waals surface area contributed by atoms with Gasteiger partial charge in [-0.05, 0) is 53.7 Å². The molecule has 3 heteroatoms. The normalized spacial score (nSPS) is 13.5. The number of nitrogens with zero attached hydrogens (tertiary/aromatic N) is 1. The molecule has 2 atom stereocenters. The molecule has 2 unspecified atom stereocenters. The van der Waals surface area contributed by atoms with Gasteiger partial charge in [0.15, 0.2) is 0 Å². The van der Waals surface area contributed by atoms with Gasteiger partial charge in [-0.1, -0.05) is 17.7 Å². The van der Waals surface area contributed by atoms with Gasteiger partial charge in [0.05, 0.1) is 0 Å². The van der Waals surface area contributed by atoms with Crippen LogP contribution in [0.15, 0.2) is 18.2 Å². The van der Waals surface area contributed by atoms with Crippen molar-refractivity contribution in [1.29, 1.82) is 0 Å². The van der Waals surface area contributed by atoms with Gasteiger partial charge in [0, 0.05) is 23.3 Å². The van der Waals surface area contributed by atoms with Crippen molar-refractivity contribution < 1.29 is 5.11 Å². The summed E-state index contributed by atoms with van der Waals surface area (Å²) in [6, 6.07) is 6.95. The summed E-state index contributed by atoms with van der Waals surface area (Å²) in [4.78, 5) is 2.49. The van der Waals surface area contributed by atoms with E-state index >= 15 is 0 Å². The third-order valence-corrected chi connectivity index (χ3v) is 4.30. The summed E-state index contributed by atoms with van der Waals surface area (Å²) in [5.41, 5.74) is 2.54. The number of aromatic hydroxyl groups is 1. The van der Waals surface area contributed by atoms with Gasteiger partial charge >= 0.3 is 0 Å². The summed E-state index contributed by atoms with van der Waals surface area (Å²) in [6.45, 7) is 12.1. The SMILES string of the molecule is Cc1ccc(O)c(C(P)CCN(C(C)C)C(C)C)c1. The molecule has 0 spiro atoms. The maximum atomic E-state index is 9.96. The van der Waals surface area contributed by atoms with E-state index in [1.54, 1.807) is 6.07 Å². The highest BCUT2D eigenvalue weighted by molar-refractivity contribution is 7.17. The largest absolute Gasteiger partial charge is 0.508 e. The van der Waals surface area contributed by atoms with Gasteiger partial charge in [0.25, 0.3) is 0 Å². The molecular formula is C16H28NOP. The van der Waals surface area contributed by atoms with Crippen molar-refractivity contribution in [2.24, 2.45) is 0 Å². The molecule has 0 heterocycles. The van der Waals surface area contributed by atoms with Crippen LogP contribution in [0.2, 0.25) is 0 Å². The number of rotatable bonds is 6. The first-order valence-electron chi connectivity index (χ1n) is 7.13. The van der Waals surface area contributed by atoms with Crippen molar-refractivity contribution in [3.05, 3.63) is 29.3 Å². The zero-order chi connectivity index (χ0) is 14.6. The molecule has 0 aliphatic heterocycles. The van der Waals surface area contributed by atoms with E-state index in [0.29, 0.717) is 23.5 Å². The van der Waals surface area contributed by atoms with Crippen LogP contribution < -0.4 is 0 Å². The predicted octanol–water partition coefficient (Wildman–Crippen LogP) is 4.13. The van der Waals surface area contributed by atoms with Gasteiger partial charge in [-0.2, -0.15) is 0 Å². The Morgan fingerprint density at radius 1 is 1.16 bits per heavy atom. The summed E-state index contributed by atoms with van der Waals surface area (Å²) in [5, 5.41) is 9.96. The second kappa shape index (κ2) is 7.26. The lowest BCUT2D eigenvalue weighted by Crippen LogP contribution is -2.38. The van der Waals surface area contributed by atoms with E-state index in [-0.39, 0.29) is 0 Å². The Kier molecular flexibility index (Phi) is 6.29. The van der Waals surface area contributed by atoms with E-state index in [0.717, 1.165) is 18.5 Å². The number of phenolic OH excluding ortho intramolecular Hbond substituents is 1. The number of phenols is 1. The van der Waals surface area contributed by atoms with Crippen LogP contribution in [-0.2, 0) is 0 Å². The van der Waals surface area contributed by atoms with Crippen molar-refractivity contribution in [2.45, 2.75) is 58.8 Å². The van der Waals surface area contributed by atoms with E-state index in [9.17, 15) is 5.11 Å². The fourth-order valence-corrected chi connectivity index (χ4v) is 2.94. The maximum absolute atomic E-state index is 9.96. The van der Waals surface area contributed by atoms with Crippen LogP contribution in [0.5, 0.6) is 5.75 Å². The molecule has 1 aromatic rings. The Balaban J connectivity index is 2.69. The molecular weight excluding hydrogens is 253 g/mol. The molecule has 108 valence electrons. The first-order chi connectivity index (χ1) is 8.82. The number of aryl methyl sites for hydroxylation is 1. The number of hydrogen-bond donors (Lipinski definition) is 1. The molecule has 1 rings (SSSR count). The van der Waals surface area contributed by atoms with E-state index in [1.165, 1.54) is 5.56 Å². The number of hydrogen-bond acceptors (Lipinski definition) is 2. The van der Waals surface area contributed by atoms with Crippen molar-refractivity contribution >= 4 is 9.24 Å². The summed E-state index contributed by atoms with van der Waals surface area (Å²) in [5.74, 6) is 0.409. The van der Waals surface area contributed by atoms with Crippen LogP contribution in [0.4, 0.5) is 0 Å². The van der Waals surface area contributed by atoms with E-state index in [2.05, 4.69) is 54.8 Å². The van der Waals surface area contributed by atoms with E-state index < -0.39 is 0 Å². The fourth-order valence-electron chi connectivity index (χ4n) is 2.53. The minimum Gasteiger partial charge on any atom is -0.508 e. The second-order valence-corrected chi connectivity index (χ2v) is 6.69. The molecule has 19 heavy (non-hydrogen) atoms. The molecule has 0 aliphatic rings. The lowest BCUT2D eigenvalue weighted by Gasteiger charge is -2.31. The summed E-state index contributed by atoms with van der Waals surface area (Å²) >= 11 is 0. The van der Waals surface area contributed by atoms with Crippen LogP contribution in [-0.4, -0.2) is 28.6 Å². The Morgan fingerprint density at radius 3 is 2.26 bits per heavy atom. The lowest BCUT2D eigenvalue weighted by molar-refractivity contribution is 0.172. The zero-order valence-electron chi connectivity index (χ0n) is 12.9. The van der Waals surface area contributed by atoms with Crippen LogP contribution in [0.1, 0.15) is 50.9 Å². The molecule has 1 N–H and O–H groups in total. The molecule has 0 fully saturated rings. The van der Waals surface area contributed by atoms with E-state index in [1.807, 2.05) is 6.07 Å². The Hall–Kier alpha value is -0.590. The number of benzene rings is 1. The molecule has 0 radical (unpaired) electrons. The smallest absolute Gasteiger partial charge is 0.119 e. The van der Waals surface area contributed by atoms with Crippen LogP contribution >= 0.6 is 9.24 Å². The average molecular weight is 281 g/mol. The maximum Gasteiger partial charge on any atom is 0.119 e. The highest BCUT2D eigenvalue weighted by Crippen LogP contribution is 2.34. The molecule has 2 nitrogen and oxygen atoms in total. The molecule has 0 saturated carbocycles. The Labute approximate surface area is 120 Å². The average Bonchev–Trinajstić information content (AvgIpc) is 2.31. The minimum absolute atomic E-state index is 0.305. The van der Waals surface area contributed by atoms with Gasteiger partial charge in [0.1, 0.15) is 5.75 Å². The van der Waals surface area contributed by atoms with Gasteiger partial charge in [0.2, 0.25) is 0 Å². The monoisotopic (exact) mass is 281 g/mol. The second-order valence-electron chi connectivity index (χ2n) is 5.88. The molecule has 1 aromatic carbocycles. The summed E-state index contributed by atoms with van der Waals surface area (Å²) in [6.07, 6.45) is 1.04. The quantitative estimate of drug-likeness (QED) is 0.793. The van der Waals surface area contributed by atoms with Crippen molar-refractivity contribution in [3.8, 4) is 5.75 Å². The van der Waals surface area contributed by atoms with Crippen molar-refractivity contribution in [3.63, 3.8) is 0 Å². The van der Waals surface area contributed by atoms with Crippen LogP contribution in [0, 0.1) is 6.92 Å². The van der Waals surface area contributed by atoms with Gasteiger partial charge in [-0.3, -0.25) is 4.90 Å². The first kappa shape index (κ1) is 16.5. The first-order valence-corrected chi connectivity index (χ1v) is 7.80. The standard InChI is InChI=1S/C16H28NOP/c1-11(2)17(12(3)4)9-8-16(19)14-10-13(5)6-7-15(14)18/h6-7,10-12,16,18H,8-9,19H2,1-5H3. The highest BCUT2D eigenvalue weighted by atomic mass is 31.0. The molecule has 0 saturated heterocycles. The molecule has 0 aromatic heterocycles. The van der Waals surface area contributed by atoms with Crippen molar-refractivity contribution in [1.82, 2.24) is 4.90 Å². The highest BCUT2D eigenvalue weighted by Gasteiger charge is 2.16. The van der Waals surface area contributed by atoms with Gasteiger partial charge in [-0.15, -0.1) is 9.24 Å². The summed E-state index contributed by atoms with van der Waals surface area (Å²) < 4.78 is 0. The van der Waals surface area contributed by atoms with Gasteiger partial charge < -0.3 is 5.11 Å². The van der Waals surface area contributed by atoms with Crippen LogP contribution in [0.3, 0.4) is 0 Å². The third kappa shape index (κ3) is 4.78. The Morgan fingerprint density at radius 2 is 1.74 bits per heavy atom. The van der Waals surface area contributed by atoms with Crippen LogP contribution in [0.25, 0.3) is 0 Å². The minimum atomic E-state index is 0.305. The molecule has 0 bridgehead atoms. The fraction of sp³-hybridized carbons (Fsp3) is 0.625.